The molecule has 0 spiro atoms. The predicted octanol–water partition coefficient (Wildman–Crippen LogP) is -17.0. The Morgan fingerprint density at radius 1 is 0.289 bits per heavy atom. The Morgan fingerprint density at radius 2 is 0.619 bits per heavy atom. The second-order valence-corrected chi connectivity index (χ2v) is 24.6. The molecule has 0 radical (unpaired) electrons. The van der Waals surface area contributed by atoms with Crippen molar-refractivity contribution in [1.82, 2.24) is 16.0 Å². The molecule has 8 aliphatic rings. The molecule has 0 aromatic heterocycles. The molecule has 8 rings (SSSR count). The van der Waals surface area contributed by atoms with Gasteiger partial charge in [0.2, 0.25) is 17.7 Å². The molecule has 25 N–H and O–H groups in total. The minimum Gasteiger partial charge on any atom is -0.394 e. The van der Waals surface area contributed by atoms with Crippen LogP contribution in [0.2, 0.25) is 0 Å². The molecule has 0 aliphatic carbocycles. The molecule has 8 aliphatic heterocycles. The third-order valence-corrected chi connectivity index (χ3v) is 17.8. The lowest BCUT2D eigenvalue weighted by Gasteiger charge is -2.51. The van der Waals surface area contributed by atoms with Gasteiger partial charge >= 0.3 is 0 Å². The number of hydrogen-bond donors (Lipinski definition) is 25. The van der Waals surface area contributed by atoms with E-state index in [0.717, 1.165) is 20.8 Å². The van der Waals surface area contributed by atoms with Crippen LogP contribution in [0.25, 0.3) is 0 Å². The van der Waals surface area contributed by atoms with Crippen molar-refractivity contribution < 1.29 is 198 Å². The van der Waals surface area contributed by atoms with Crippen molar-refractivity contribution in [3.05, 3.63) is 0 Å². The standard InChI is InChI=1S/C54H91N3O40/c1-12-26(67)34(75)37(78)50(84-12)97-46-45(96-51-38(79)35(76)27(68)16(5-58)86-51)31(72)19(8-61)88-54(46)93-42-20(9-62)89-48(23(32(42)73)55-13(2)64)83-11-22-28(69)36(77)39(80)52(91-22)92-41-21(10-63)90-49(24(33(41)74)56-14(3)65)95-44-30(71)18(7-60)87-53(40(44)81)94-43-25(57-15(4)66)47(82)85-17(6-59)29(43)70/h12,16-54,58-63,67-82H,5-11H2,1-4H3,(H,55,64)(H,56,65)(H,57,66)/t12-,16+,17+,18+,19+,20+,21+,22+,23+,24+,25+,26+,27-,28-,29-,30-,31-,32+,33+,34+,35-,36-,37-,38+,39+,40+,41+,42+,43+,44-,45-,46+,47?,48+,49-,50-,51+,52-,53-,54-/m0/s1. The van der Waals surface area contributed by atoms with Crippen molar-refractivity contribution in [2.45, 2.75) is 273 Å². The van der Waals surface area contributed by atoms with Crippen LogP contribution in [0.15, 0.2) is 0 Å². The normalized spacial score (nSPS) is 49.9. The van der Waals surface area contributed by atoms with E-state index in [1.54, 1.807) is 0 Å². The van der Waals surface area contributed by atoms with Gasteiger partial charge in [-0.2, -0.15) is 0 Å². The molecule has 97 heavy (non-hydrogen) atoms. The third kappa shape index (κ3) is 17.4. The Labute approximate surface area is 549 Å². The van der Waals surface area contributed by atoms with Gasteiger partial charge in [-0.1, -0.05) is 0 Å². The first-order chi connectivity index (χ1) is 45.8. The number of amides is 3. The number of rotatable bonds is 24. The van der Waals surface area contributed by atoms with E-state index in [4.69, 9.17) is 71.1 Å². The second kappa shape index (κ2) is 34.5. The molecule has 0 bridgehead atoms. The van der Waals surface area contributed by atoms with Crippen LogP contribution in [0.4, 0.5) is 0 Å². The van der Waals surface area contributed by atoms with Gasteiger partial charge in [-0.25, -0.2) is 0 Å². The first-order valence-electron chi connectivity index (χ1n) is 31.0. The summed E-state index contributed by atoms with van der Waals surface area (Å²) in [6.07, 6.45) is -72.3. The number of hydrogen-bond acceptors (Lipinski definition) is 40. The maximum atomic E-state index is 12.9. The Morgan fingerprint density at radius 3 is 1.12 bits per heavy atom. The fraction of sp³-hybridized carbons (Fsp3) is 0.944. The van der Waals surface area contributed by atoms with E-state index in [2.05, 4.69) is 16.0 Å². The number of ether oxygens (including phenoxy) is 15. The Hall–Kier alpha value is -3.07. The van der Waals surface area contributed by atoms with Crippen molar-refractivity contribution in [3.8, 4) is 0 Å². The smallest absolute Gasteiger partial charge is 0.217 e. The van der Waals surface area contributed by atoms with Gasteiger partial charge in [-0.3, -0.25) is 14.4 Å². The molecule has 0 aromatic rings. The number of carbonyl (C=O) groups is 3. The highest BCUT2D eigenvalue weighted by Gasteiger charge is 2.60. The van der Waals surface area contributed by atoms with Crippen molar-refractivity contribution in [2.75, 3.05) is 46.2 Å². The predicted molar refractivity (Wildman–Crippen MR) is 298 cm³/mol. The van der Waals surface area contributed by atoms with Gasteiger partial charge in [0, 0.05) is 20.8 Å². The lowest BCUT2D eigenvalue weighted by atomic mass is 9.94. The summed E-state index contributed by atoms with van der Waals surface area (Å²) in [6.45, 7) is -2.84. The zero-order valence-corrected chi connectivity index (χ0v) is 52.2. The molecule has 3 amide bonds. The highest BCUT2D eigenvalue weighted by molar-refractivity contribution is 5.74. The molecule has 40 atom stereocenters. The Kier molecular flexibility index (Phi) is 28.3. The first-order valence-corrected chi connectivity index (χ1v) is 31.0. The zero-order valence-electron chi connectivity index (χ0n) is 52.2. The van der Waals surface area contributed by atoms with Gasteiger partial charge in [0.25, 0.3) is 0 Å². The summed E-state index contributed by atoms with van der Waals surface area (Å²) in [6, 6.07) is -5.26. The van der Waals surface area contributed by atoms with Crippen LogP contribution in [0.3, 0.4) is 0 Å². The summed E-state index contributed by atoms with van der Waals surface area (Å²) in [4.78, 5) is 37.7. The molecule has 0 aromatic carbocycles. The molecule has 8 fully saturated rings. The molecule has 43 heteroatoms. The van der Waals surface area contributed by atoms with Gasteiger partial charge in [0.05, 0.1) is 52.4 Å². The molecule has 1 unspecified atom stereocenters. The van der Waals surface area contributed by atoms with E-state index in [0.29, 0.717) is 0 Å². The van der Waals surface area contributed by atoms with Gasteiger partial charge in [-0.15, -0.1) is 0 Å². The number of aliphatic hydroxyl groups is 22. The first kappa shape index (κ1) is 79.6. The average Bonchev–Trinajstić information content (AvgIpc) is 0.722. The van der Waals surface area contributed by atoms with E-state index in [-0.39, 0.29) is 0 Å². The molecular formula is C54H91N3O40. The summed E-state index contributed by atoms with van der Waals surface area (Å²) >= 11 is 0. The monoisotopic (exact) mass is 1420 g/mol. The van der Waals surface area contributed by atoms with Gasteiger partial charge in [0.1, 0.15) is 189 Å². The van der Waals surface area contributed by atoms with Crippen LogP contribution >= 0.6 is 0 Å². The number of aliphatic hydroxyl groups excluding tert-OH is 22. The van der Waals surface area contributed by atoms with Crippen LogP contribution in [0, 0.1) is 0 Å². The Balaban J connectivity index is 0.991. The topological polar surface area (TPSA) is 671 Å². The van der Waals surface area contributed by atoms with Crippen LogP contribution < -0.4 is 16.0 Å². The second-order valence-electron chi connectivity index (χ2n) is 24.6. The Bertz CT molecular complexity index is 2490. The van der Waals surface area contributed by atoms with Gasteiger partial charge in [-0.05, 0) is 6.92 Å². The summed E-state index contributed by atoms with van der Waals surface area (Å²) in [7, 11) is 0. The fourth-order valence-corrected chi connectivity index (χ4v) is 12.5. The minimum atomic E-state index is -2.24. The van der Waals surface area contributed by atoms with Crippen molar-refractivity contribution >= 4 is 17.7 Å². The van der Waals surface area contributed by atoms with Crippen LogP contribution in [0.1, 0.15) is 27.7 Å². The number of nitrogens with one attached hydrogen (secondary N) is 3. The molecule has 0 saturated carbocycles. The maximum absolute atomic E-state index is 12.9. The van der Waals surface area contributed by atoms with E-state index < -0.39 is 309 Å². The molecule has 43 nitrogen and oxygen atoms in total. The van der Waals surface area contributed by atoms with E-state index >= 15 is 0 Å². The summed E-state index contributed by atoms with van der Waals surface area (Å²) in [5.41, 5.74) is 0. The third-order valence-electron chi connectivity index (χ3n) is 17.8. The highest BCUT2D eigenvalue weighted by atomic mass is 16.8. The molecule has 8 heterocycles. The summed E-state index contributed by atoms with van der Waals surface area (Å²) in [5, 5.41) is 248. The summed E-state index contributed by atoms with van der Waals surface area (Å²) < 4.78 is 87.4. The van der Waals surface area contributed by atoms with E-state index in [1.807, 2.05) is 0 Å². The largest absolute Gasteiger partial charge is 0.394 e. The van der Waals surface area contributed by atoms with Crippen LogP contribution in [0.5, 0.6) is 0 Å². The SMILES string of the molecule is CC(=O)N[C@H]1[C@H](O[C@H]2[C@@H](O)[C@@H](CO)O[C@@H](O[C@H]3[C@@H](O)[C@@H](CO)OC(O)[C@@H]3NC(C)=O)[C@@H]2O)O[C@H](CO)[C@@H](O[C@@H]2O[C@H](CO[C@@H]3O[C@H](CO)[C@@H](O[C@@H]4O[C@H](CO)[C@H](O)[C@H](O[C@H]5O[C@H](CO)[C@H](O)[C@H](O)[C@H]5O)[C@H]4O[C@@H]4O[C@@H](C)[C@@H](O)[C@@H](O)[C@@H]4O)[C@H](O)[C@H]3NC(C)=O)[C@H](O)[C@H](O)[C@H]2O)[C@@H]1O. The van der Waals surface area contributed by atoms with Crippen LogP contribution in [-0.4, -0.2) is 422 Å². The molecular weight excluding hydrogens is 1330 g/mol. The quantitative estimate of drug-likeness (QED) is 0.0427. The fourth-order valence-electron chi connectivity index (χ4n) is 12.5. The summed E-state index contributed by atoms with van der Waals surface area (Å²) in [5.74, 6) is -2.54. The van der Waals surface area contributed by atoms with Crippen molar-refractivity contribution in [2.24, 2.45) is 0 Å². The highest BCUT2D eigenvalue weighted by Crippen LogP contribution is 2.39. The van der Waals surface area contributed by atoms with Gasteiger partial charge in [0.15, 0.2) is 50.3 Å². The molecule has 562 valence electrons. The van der Waals surface area contributed by atoms with E-state index in [1.165, 1.54) is 6.92 Å². The average molecular weight is 1420 g/mol. The lowest BCUT2D eigenvalue weighted by molar-refractivity contribution is -0.403. The van der Waals surface area contributed by atoms with E-state index in [9.17, 15) is 127 Å². The maximum Gasteiger partial charge on any atom is 0.217 e. The lowest BCUT2D eigenvalue weighted by Crippen LogP contribution is -2.70. The van der Waals surface area contributed by atoms with Crippen molar-refractivity contribution in [1.29, 1.82) is 0 Å². The van der Waals surface area contributed by atoms with Crippen molar-refractivity contribution in [3.63, 3.8) is 0 Å². The minimum absolute atomic E-state index is 0.760. The van der Waals surface area contributed by atoms with Crippen LogP contribution in [-0.2, 0) is 85.4 Å². The van der Waals surface area contributed by atoms with Gasteiger partial charge < -0.3 is 199 Å². The molecule has 8 saturated heterocycles. The zero-order chi connectivity index (χ0) is 71.5. The number of carbonyl (C=O) groups excluding carboxylic acids is 3.